The summed E-state index contributed by atoms with van der Waals surface area (Å²) in [6, 6.07) is 12.3. The summed E-state index contributed by atoms with van der Waals surface area (Å²) >= 11 is 0. The van der Waals surface area contributed by atoms with Crippen LogP contribution >= 0.6 is 0 Å². The molecule has 2 N–H and O–H groups in total. The zero-order valence-electron chi connectivity index (χ0n) is 18.2. The van der Waals surface area contributed by atoms with Crippen molar-refractivity contribution in [1.29, 1.82) is 0 Å². The van der Waals surface area contributed by atoms with E-state index < -0.39 is 23.4 Å². The van der Waals surface area contributed by atoms with Gasteiger partial charge in [0.15, 0.2) is 11.5 Å². The predicted octanol–water partition coefficient (Wildman–Crippen LogP) is 2.14. The second-order valence-electron chi connectivity index (χ2n) is 7.55. The minimum absolute atomic E-state index is 0.335. The molecule has 0 saturated carbocycles. The molecule has 1 aliphatic heterocycles. The Morgan fingerprint density at radius 3 is 2.48 bits per heavy atom. The Kier molecular flexibility index (Phi) is 6.48. The van der Waals surface area contributed by atoms with E-state index in [0.29, 0.717) is 30.0 Å². The van der Waals surface area contributed by atoms with Gasteiger partial charge in [-0.2, -0.15) is 0 Å². The number of hydrogen-bond acceptors (Lipinski definition) is 5. The number of nitrogens with zero attached hydrogens (tertiary/aromatic N) is 1. The Bertz CT molecular complexity index is 1010. The number of benzene rings is 2. The molecule has 1 fully saturated rings. The molecule has 8 heteroatoms. The zero-order valence-corrected chi connectivity index (χ0v) is 18.2. The number of carbonyl (C=O) groups is 3. The van der Waals surface area contributed by atoms with Crippen molar-refractivity contribution in [2.45, 2.75) is 25.8 Å². The molecule has 2 aromatic carbocycles. The highest BCUT2D eigenvalue weighted by Gasteiger charge is 2.49. The third kappa shape index (κ3) is 4.47. The van der Waals surface area contributed by atoms with Crippen molar-refractivity contribution in [3.05, 3.63) is 59.2 Å². The lowest BCUT2D eigenvalue weighted by atomic mass is 9.88. The summed E-state index contributed by atoms with van der Waals surface area (Å²) in [4.78, 5) is 38.8. The number of amides is 4. The number of ether oxygens (including phenoxy) is 2. The van der Waals surface area contributed by atoms with Gasteiger partial charge in [0, 0.05) is 6.54 Å². The second-order valence-corrected chi connectivity index (χ2v) is 7.55. The number of carbonyl (C=O) groups excluding carboxylic acids is 3. The molecule has 1 aliphatic rings. The minimum Gasteiger partial charge on any atom is -0.493 e. The summed E-state index contributed by atoms with van der Waals surface area (Å²) in [5, 5.41) is 5.49. The van der Waals surface area contributed by atoms with Crippen LogP contribution in [0, 0.1) is 6.92 Å². The van der Waals surface area contributed by atoms with Crippen LogP contribution in [0.3, 0.4) is 0 Å². The summed E-state index contributed by atoms with van der Waals surface area (Å²) < 4.78 is 10.5. The van der Waals surface area contributed by atoms with Crippen LogP contribution in [0.25, 0.3) is 0 Å². The average Bonchev–Trinajstić information content (AvgIpc) is 2.97. The van der Waals surface area contributed by atoms with Gasteiger partial charge >= 0.3 is 6.03 Å². The number of methoxy groups -OCH3 is 2. The Morgan fingerprint density at radius 2 is 1.81 bits per heavy atom. The quantitative estimate of drug-likeness (QED) is 0.632. The average molecular weight is 425 g/mol. The van der Waals surface area contributed by atoms with Gasteiger partial charge in [-0.1, -0.05) is 30.3 Å². The van der Waals surface area contributed by atoms with Gasteiger partial charge in [-0.05, 0) is 49.1 Å². The molecule has 0 aromatic heterocycles. The van der Waals surface area contributed by atoms with E-state index in [-0.39, 0.29) is 6.54 Å². The molecule has 0 spiro atoms. The van der Waals surface area contributed by atoms with Gasteiger partial charge < -0.3 is 20.1 Å². The first-order chi connectivity index (χ1) is 14.8. The van der Waals surface area contributed by atoms with E-state index in [0.717, 1.165) is 16.0 Å². The molecule has 31 heavy (non-hydrogen) atoms. The molecule has 4 amide bonds. The topological polar surface area (TPSA) is 97.0 Å². The van der Waals surface area contributed by atoms with Gasteiger partial charge in [-0.15, -0.1) is 0 Å². The van der Waals surface area contributed by atoms with Gasteiger partial charge in [0.1, 0.15) is 12.1 Å². The molecule has 0 aliphatic carbocycles. The maximum Gasteiger partial charge on any atom is 0.325 e. The lowest BCUT2D eigenvalue weighted by Gasteiger charge is -2.24. The zero-order chi connectivity index (χ0) is 22.6. The summed E-state index contributed by atoms with van der Waals surface area (Å²) in [7, 11) is 3.13. The summed E-state index contributed by atoms with van der Waals surface area (Å²) in [6.45, 7) is 3.55. The van der Waals surface area contributed by atoms with E-state index in [9.17, 15) is 14.4 Å². The van der Waals surface area contributed by atoms with Crippen LogP contribution in [0.5, 0.6) is 11.5 Å². The van der Waals surface area contributed by atoms with Crippen molar-refractivity contribution in [2.75, 3.05) is 27.3 Å². The van der Waals surface area contributed by atoms with Crippen LogP contribution in [0.15, 0.2) is 42.5 Å². The Morgan fingerprint density at radius 1 is 1.10 bits per heavy atom. The van der Waals surface area contributed by atoms with E-state index >= 15 is 0 Å². The van der Waals surface area contributed by atoms with Crippen molar-refractivity contribution in [3.8, 4) is 11.5 Å². The first-order valence-corrected chi connectivity index (χ1v) is 9.98. The Labute approximate surface area is 181 Å². The van der Waals surface area contributed by atoms with Crippen LogP contribution < -0.4 is 20.1 Å². The molecule has 2 aromatic rings. The summed E-state index contributed by atoms with van der Waals surface area (Å²) in [6.07, 6.45) is 0.563. The standard InChI is InChI=1S/C23H27N3O5/c1-15-7-5-6-8-17(15)23(2)21(28)26(22(29)25-23)14-20(27)24-12-11-16-9-10-18(30-3)19(13-16)31-4/h5-10,13H,11-12,14H2,1-4H3,(H,24,27)(H,25,29). The van der Waals surface area contributed by atoms with Crippen molar-refractivity contribution in [2.24, 2.45) is 0 Å². The third-order valence-corrected chi connectivity index (χ3v) is 5.44. The second kappa shape index (κ2) is 9.07. The first kappa shape index (κ1) is 22.1. The van der Waals surface area contributed by atoms with E-state index in [1.54, 1.807) is 33.3 Å². The van der Waals surface area contributed by atoms with E-state index in [1.807, 2.05) is 37.3 Å². The van der Waals surface area contributed by atoms with E-state index in [4.69, 9.17) is 9.47 Å². The van der Waals surface area contributed by atoms with Gasteiger partial charge in [0.2, 0.25) is 5.91 Å². The predicted molar refractivity (Wildman–Crippen MR) is 115 cm³/mol. The van der Waals surface area contributed by atoms with Crippen molar-refractivity contribution in [1.82, 2.24) is 15.5 Å². The first-order valence-electron chi connectivity index (χ1n) is 9.98. The Balaban J connectivity index is 1.59. The molecule has 1 unspecified atom stereocenters. The molecule has 3 rings (SSSR count). The highest BCUT2D eigenvalue weighted by atomic mass is 16.5. The summed E-state index contributed by atoms with van der Waals surface area (Å²) in [5.74, 6) is 0.395. The molecular weight excluding hydrogens is 398 g/mol. The van der Waals surface area contributed by atoms with Crippen molar-refractivity contribution < 1.29 is 23.9 Å². The molecule has 0 bridgehead atoms. The van der Waals surface area contributed by atoms with Gasteiger partial charge in [-0.25, -0.2) is 4.79 Å². The van der Waals surface area contributed by atoms with E-state index in [2.05, 4.69) is 10.6 Å². The monoisotopic (exact) mass is 425 g/mol. The SMILES string of the molecule is COc1ccc(CCNC(=O)CN2C(=O)NC(C)(c3ccccc3C)C2=O)cc1OC. The highest BCUT2D eigenvalue weighted by Crippen LogP contribution is 2.31. The van der Waals surface area contributed by atoms with Crippen LogP contribution in [-0.4, -0.2) is 50.1 Å². The molecule has 164 valence electrons. The minimum atomic E-state index is -1.19. The maximum atomic E-state index is 13.0. The summed E-state index contributed by atoms with van der Waals surface area (Å²) in [5.41, 5.74) is 1.37. The van der Waals surface area contributed by atoms with Crippen LogP contribution in [0.2, 0.25) is 0 Å². The molecule has 1 atom stereocenters. The number of rotatable bonds is 8. The molecular formula is C23H27N3O5. The van der Waals surface area contributed by atoms with Gasteiger partial charge in [0.05, 0.1) is 14.2 Å². The normalized spacial score (nSPS) is 18.0. The van der Waals surface area contributed by atoms with Gasteiger partial charge in [-0.3, -0.25) is 14.5 Å². The van der Waals surface area contributed by atoms with E-state index in [1.165, 1.54) is 0 Å². The number of hydrogen-bond donors (Lipinski definition) is 2. The fourth-order valence-electron chi connectivity index (χ4n) is 3.74. The molecule has 0 radical (unpaired) electrons. The molecule has 8 nitrogen and oxygen atoms in total. The Hall–Kier alpha value is -3.55. The fourth-order valence-corrected chi connectivity index (χ4v) is 3.74. The van der Waals surface area contributed by atoms with Crippen molar-refractivity contribution in [3.63, 3.8) is 0 Å². The fraction of sp³-hybridized carbons (Fsp3) is 0.348. The van der Waals surface area contributed by atoms with Crippen molar-refractivity contribution >= 4 is 17.8 Å². The van der Waals surface area contributed by atoms with Crippen LogP contribution in [0.1, 0.15) is 23.6 Å². The molecule has 1 heterocycles. The largest absolute Gasteiger partial charge is 0.493 e. The number of urea groups is 1. The lowest BCUT2D eigenvalue weighted by Crippen LogP contribution is -2.43. The van der Waals surface area contributed by atoms with Crippen LogP contribution in [-0.2, 0) is 21.5 Å². The van der Waals surface area contributed by atoms with Crippen LogP contribution in [0.4, 0.5) is 4.79 Å². The molecule has 1 saturated heterocycles. The number of imide groups is 1. The maximum absolute atomic E-state index is 13.0. The number of nitrogens with one attached hydrogen (secondary N) is 2. The highest BCUT2D eigenvalue weighted by molar-refractivity contribution is 6.09. The smallest absolute Gasteiger partial charge is 0.325 e. The third-order valence-electron chi connectivity index (χ3n) is 5.44. The lowest BCUT2D eigenvalue weighted by molar-refractivity contribution is -0.134. The van der Waals surface area contributed by atoms with Gasteiger partial charge in [0.25, 0.3) is 5.91 Å². The number of aryl methyl sites for hydroxylation is 1.